The first-order valence-corrected chi connectivity index (χ1v) is 7.48. The van der Waals surface area contributed by atoms with Crippen molar-refractivity contribution in [2.24, 2.45) is 11.7 Å². The van der Waals surface area contributed by atoms with Crippen LogP contribution < -0.4 is 5.73 Å². The van der Waals surface area contributed by atoms with E-state index in [2.05, 4.69) is 6.07 Å². The van der Waals surface area contributed by atoms with Crippen LogP contribution in [0.25, 0.3) is 10.1 Å². The van der Waals surface area contributed by atoms with Crippen molar-refractivity contribution in [1.29, 1.82) is 0 Å². The van der Waals surface area contributed by atoms with Gasteiger partial charge in [0.25, 0.3) is 0 Å². The van der Waals surface area contributed by atoms with Crippen LogP contribution in [-0.2, 0) is 15.1 Å². The third kappa shape index (κ3) is 1.95. The normalized spacial score (nSPS) is 18.2. The molecule has 0 amide bonds. The van der Waals surface area contributed by atoms with Gasteiger partial charge >= 0.3 is 5.97 Å². The lowest BCUT2D eigenvalue weighted by atomic mass is 9.86. The summed E-state index contributed by atoms with van der Waals surface area (Å²) in [6.07, 6.45) is 2.00. The Kier molecular flexibility index (Phi) is 3.07. The molecule has 100 valence electrons. The summed E-state index contributed by atoms with van der Waals surface area (Å²) in [6.45, 7) is 2.18. The second-order valence-electron chi connectivity index (χ2n) is 5.01. The van der Waals surface area contributed by atoms with Gasteiger partial charge in [0.1, 0.15) is 5.54 Å². The summed E-state index contributed by atoms with van der Waals surface area (Å²) in [5.41, 5.74) is 6.45. The summed E-state index contributed by atoms with van der Waals surface area (Å²) in [5.74, 6) is -0.0781. The molecular weight excluding hydrogens is 258 g/mol. The minimum absolute atomic E-state index is 0.213. The molecule has 2 aromatic rings. The van der Waals surface area contributed by atoms with E-state index in [0.29, 0.717) is 6.61 Å². The van der Waals surface area contributed by atoms with Gasteiger partial charge in [-0.2, -0.15) is 0 Å². The molecule has 1 aromatic heterocycles. The molecule has 19 heavy (non-hydrogen) atoms. The van der Waals surface area contributed by atoms with E-state index in [4.69, 9.17) is 10.5 Å². The highest BCUT2D eigenvalue weighted by molar-refractivity contribution is 7.17. The van der Waals surface area contributed by atoms with Gasteiger partial charge in [-0.3, -0.25) is 0 Å². The summed E-state index contributed by atoms with van der Waals surface area (Å²) >= 11 is 1.63. The Hall–Kier alpha value is -1.39. The fourth-order valence-electron chi connectivity index (χ4n) is 2.58. The van der Waals surface area contributed by atoms with Gasteiger partial charge in [-0.1, -0.05) is 18.2 Å². The Morgan fingerprint density at radius 3 is 2.89 bits per heavy atom. The van der Waals surface area contributed by atoms with Crippen LogP contribution in [0, 0.1) is 5.92 Å². The quantitative estimate of drug-likeness (QED) is 0.873. The van der Waals surface area contributed by atoms with Crippen LogP contribution in [0.5, 0.6) is 0 Å². The van der Waals surface area contributed by atoms with E-state index in [9.17, 15) is 4.79 Å². The molecule has 0 radical (unpaired) electrons. The second kappa shape index (κ2) is 4.62. The van der Waals surface area contributed by atoms with Crippen molar-refractivity contribution < 1.29 is 9.53 Å². The molecule has 1 heterocycles. The monoisotopic (exact) mass is 275 g/mol. The average molecular weight is 275 g/mol. The van der Waals surface area contributed by atoms with E-state index in [1.807, 2.05) is 30.5 Å². The summed E-state index contributed by atoms with van der Waals surface area (Å²) in [7, 11) is 0. The Labute approximate surface area is 116 Å². The first-order chi connectivity index (χ1) is 9.17. The van der Waals surface area contributed by atoms with Crippen LogP contribution in [0.2, 0.25) is 0 Å². The summed E-state index contributed by atoms with van der Waals surface area (Å²) in [5, 5.41) is 3.09. The Bertz CT molecular complexity index is 617. The van der Waals surface area contributed by atoms with E-state index in [-0.39, 0.29) is 11.9 Å². The van der Waals surface area contributed by atoms with Gasteiger partial charge in [0.15, 0.2) is 0 Å². The highest BCUT2D eigenvalue weighted by Crippen LogP contribution is 2.47. The predicted molar refractivity (Wildman–Crippen MR) is 77.0 cm³/mol. The number of nitrogens with two attached hydrogens (primary N) is 1. The minimum Gasteiger partial charge on any atom is -0.464 e. The lowest BCUT2D eigenvalue weighted by Crippen LogP contribution is -2.48. The van der Waals surface area contributed by atoms with E-state index in [1.165, 1.54) is 0 Å². The minimum atomic E-state index is -0.977. The fraction of sp³-hybridized carbons (Fsp3) is 0.400. The lowest BCUT2D eigenvalue weighted by Gasteiger charge is -2.27. The number of fused-ring (bicyclic) bond motifs is 1. The molecule has 0 bridgehead atoms. The zero-order valence-corrected chi connectivity index (χ0v) is 11.7. The first kappa shape index (κ1) is 12.6. The molecule has 1 aliphatic carbocycles. The maximum Gasteiger partial charge on any atom is 0.331 e. The van der Waals surface area contributed by atoms with E-state index < -0.39 is 5.54 Å². The number of hydrogen-bond donors (Lipinski definition) is 1. The van der Waals surface area contributed by atoms with Gasteiger partial charge in [-0.15, -0.1) is 11.3 Å². The molecule has 2 N–H and O–H groups in total. The van der Waals surface area contributed by atoms with Crippen LogP contribution in [-0.4, -0.2) is 12.6 Å². The molecule has 1 unspecified atom stereocenters. The number of carbonyl (C=O) groups is 1. The zero-order valence-electron chi connectivity index (χ0n) is 10.9. The van der Waals surface area contributed by atoms with E-state index in [0.717, 1.165) is 28.5 Å². The molecule has 0 saturated heterocycles. The topological polar surface area (TPSA) is 52.3 Å². The van der Waals surface area contributed by atoms with Crippen LogP contribution in [0.4, 0.5) is 0 Å². The Morgan fingerprint density at radius 2 is 2.21 bits per heavy atom. The zero-order chi connectivity index (χ0) is 13.5. The predicted octanol–water partition coefficient (Wildman–Crippen LogP) is 3.03. The SMILES string of the molecule is CCOC(=O)C(N)(c1csc2ccccc12)C1CC1. The van der Waals surface area contributed by atoms with E-state index in [1.54, 1.807) is 11.3 Å². The summed E-state index contributed by atoms with van der Waals surface area (Å²) < 4.78 is 6.39. The first-order valence-electron chi connectivity index (χ1n) is 6.60. The average Bonchev–Trinajstić information content (AvgIpc) is 3.18. The Morgan fingerprint density at radius 1 is 1.47 bits per heavy atom. The van der Waals surface area contributed by atoms with E-state index >= 15 is 0 Å². The van der Waals surface area contributed by atoms with Crippen molar-refractivity contribution in [3.8, 4) is 0 Å². The number of benzene rings is 1. The molecule has 1 aromatic carbocycles. The van der Waals surface area contributed by atoms with Crippen molar-refractivity contribution in [1.82, 2.24) is 0 Å². The highest BCUT2D eigenvalue weighted by atomic mass is 32.1. The van der Waals surface area contributed by atoms with Gasteiger partial charge in [-0.05, 0) is 42.5 Å². The van der Waals surface area contributed by atoms with Crippen molar-refractivity contribution >= 4 is 27.4 Å². The Balaban J connectivity index is 2.12. The van der Waals surface area contributed by atoms with Gasteiger partial charge in [0.2, 0.25) is 0 Å². The van der Waals surface area contributed by atoms with Crippen LogP contribution in [0.15, 0.2) is 29.6 Å². The van der Waals surface area contributed by atoms with Crippen LogP contribution in [0.3, 0.4) is 0 Å². The van der Waals surface area contributed by atoms with Gasteiger partial charge in [0.05, 0.1) is 6.61 Å². The molecule has 3 nitrogen and oxygen atoms in total. The fourth-order valence-corrected chi connectivity index (χ4v) is 3.61. The molecule has 1 aliphatic rings. The number of hydrogen-bond acceptors (Lipinski definition) is 4. The van der Waals surface area contributed by atoms with Crippen molar-refractivity contribution in [2.75, 3.05) is 6.61 Å². The maximum absolute atomic E-state index is 12.3. The summed E-state index contributed by atoms with van der Waals surface area (Å²) in [4.78, 5) is 12.3. The number of thiophene rings is 1. The van der Waals surface area contributed by atoms with Crippen molar-refractivity contribution in [3.05, 3.63) is 35.2 Å². The number of ether oxygens (including phenoxy) is 1. The standard InChI is InChI=1S/C15H17NO2S/c1-2-18-14(17)15(16,10-7-8-10)12-9-19-13-6-4-3-5-11(12)13/h3-6,9-10H,2,7-8,16H2,1H3. The van der Waals surface area contributed by atoms with Crippen LogP contribution >= 0.6 is 11.3 Å². The third-order valence-corrected chi connectivity index (χ3v) is 4.72. The molecule has 4 heteroatoms. The maximum atomic E-state index is 12.3. The molecule has 1 saturated carbocycles. The van der Waals surface area contributed by atoms with Crippen LogP contribution in [0.1, 0.15) is 25.3 Å². The highest BCUT2D eigenvalue weighted by Gasteiger charge is 2.51. The summed E-state index contributed by atoms with van der Waals surface area (Å²) in [6, 6.07) is 8.08. The van der Waals surface area contributed by atoms with Gasteiger partial charge in [0, 0.05) is 10.3 Å². The molecule has 1 fully saturated rings. The lowest BCUT2D eigenvalue weighted by molar-refractivity contribution is -0.151. The molecule has 0 aliphatic heterocycles. The molecular formula is C15H17NO2S. The second-order valence-corrected chi connectivity index (χ2v) is 5.92. The molecule has 3 rings (SSSR count). The smallest absolute Gasteiger partial charge is 0.331 e. The van der Waals surface area contributed by atoms with Crippen molar-refractivity contribution in [2.45, 2.75) is 25.3 Å². The third-order valence-electron chi connectivity index (χ3n) is 3.76. The number of esters is 1. The van der Waals surface area contributed by atoms with Crippen molar-refractivity contribution in [3.63, 3.8) is 0 Å². The number of rotatable bonds is 4. The van der Waals surface area contributed by atoms with Gasteiger partial charge in [-0.25, -0.2) is 4.79 Å². The van der Waals surface area contributed by atoms with Gasteiger partial charge < -0.3 is 10.5 Å². The molecule has 0 spiro atoms. The largest absolute Gasteiger partial charge is 0.464 e. The number of carbonyl (C=O) groups excluding carboxylic acids is 1. The molecule has 1 atom stereocenters.